The first-order chi connectivity index (χ1) is 8.09. The van der Waals surface area contributed by atoms with Crippen molar-refractivity contribution in [2.45, 2.75) is 39.0 Å². The van der Waals surface area contributed by atoms with Crippen molar-refractivity contribution in [1.29, 1.82) is 0 Å². The standard InChI is InChI=1S/C12H22N2O3/c1-9-7-10(9)8-14-12(17)13-6-4-2-3-5-11(15)16/h9-10H,2-8H2,1H3,(H,15,16)(H2,13,14,17). The zero-order chi connectivity index (χ0) is 12.7. The van der Waals surface area contributed by atoms with Gasteiger partial charge in [-0.3, -0.25) is 4.79 Å². The molecule has 1 rings (SSSR count). The average Bonchev–Trinajstić information content (AvgIpc) is 2.96. The van der Waals surface area contributed by atoms with Crippen LogP contribution in [0.4, 0.5) is 4.79 Å². The molecule has 1 aliphatic carbocycles. The number of carboxylic acids is 1. The fourth-order valence-electron chi connectivity index (χ4n) is 1.75. The Morgan fingerprint density at radius 1 is 1.24 bits per heavy atom. The van der Waals surface area contributed by atoms with Gasteiger partial charge in [-0.2, -0.15) is 0 Å². The van der Waals surface area contributed by atoms with E-state index in [9.17, 15) is 9.59 Å². The number of hydrogen-bond acceptors (Lipinski definition) is 2. The van der Waals surface area contributed by atoms with E-state index < -0.39 is 5.97 Å². The van der Waals surface area contributed by atoms with Gasteiger partial charge in [-0.25, -0.2) is 4.79 Å². The predicted octanol–water partition coefficient (Wildman–Crippen LogP) is 1.59. The molecule has 2 atom stereocenters. The largest absolute Gasteiger partial charge is 0.481 e. The van der Waals surface area contributed by atoms with Crippen LogP contribution in [0.3, 0.4) is 0 Å². The minimum absolute atomic E-state index is 0.109. The molecular weight excluding hydrogens is 220 g/mol. The van der Waals surface area contributed by atoms with Crippen LogP contribution < -0.4 is 10.6 Å². The van der Waals surface area contributed by atoms with Crippen LogP contribution in [0.15, 0.2) is 0 Å². The number of unbranched alkanes of at least 4 members (excludes halogenated alkanes) is 2. The van der Waals surface area contributed by atoms with E-state index in [4.69, 9.17) is 5.11 Å². The molecule has 0 aliphatic heterocycles. The molecule has 1 aliphatic rings. The summed E-state index contributed by atoms with van der Waals surface area (Å²) in [4.78, 5) is 21.5. The number of carboxylic acid groups (broad SMARTS) is 1. The summed E-state index contributed by atoms with van der Waals surface area (Å²) >= 11 is 0. The van der Waals surface area contributed by atoms with Crippen molar-refractivity contribution >= 4 is 12.0 Å². The van der Waals surface area contributed by atoms with Crippen molar-refractivity contribution in [2.75, 3.05) is 13.1 Å². The summed E-state index contributed by atoms with van der Waals surface area (Å²) in [6.45, 7) is 3.57. The molecule has 0 aromatic rings. The van der Waals surface area contributed by atoms with Gasteiger partial charge >= 0.3 is 12.0 Å². The maximum Gasteiger partial charge on any atom is 0.314 e. The molecule has 98 valence electrons. The van der Waals surface area contributed by atoms with Gasteiger partial charge in [-0.15, -0.1) is 0 Å². The van der Waals surface area contributed by atoms with Gasteiger partial charge in [0.1, 0.15) is 0 Å². The molecule has 0 aromatic carbocycles. The fraction of sp³-hybridized carbons (Fsp3) is 0.833. The lowest BCUT2D eigenvalue weighted by molar-refractivity contribution is -0.137. The second-order valence-electron chi connectivity index (χ2n) is 4.81. The predicted molar refractivity (Wildman–Crippen MR) is 64.8 cm³/mol. The minimum Gasteiger partial charge on any atom is -0.481 e. The lowest BCUT2D eigenvalue weighted by atomic mass is 10.2. The van der Waals surface area contributed by atoms with Gasteiger partial charge in [0, 0.05) is 19.5 Å². The second-order valence-corrected chi connectivity index (χ2v) is 4.81. The molecule has 5 heteroatoms. The van der Waals surface area contributed by atoms with Gasteiger partial charge in [0.25, 0.3) is 0 Å². The zero-order valence-electron chi connectivity index (χ0n) is 10.4. The van der Waals surface area contributed by atoms with Crippen LogP contribution >= 0.6 is 0 Å². The normalized spacial score (nSPS) is 21.9. The van der Waals surface area contributed by atoms with Crippen molar-refractivity contribution < 1.29 is 14.7 Å². The van der Waals surface area contributed by atoms with Crippen LogP contribution in [0.25, 0.3) is 0 Å². The Morgan fingerprint density at radius 3 is 2.53 bits per heavy atom. The summed E-state index contributed by atoms with van der Waals surface area (Å²) in [7, 11) is 0. The maximum atomic E-state index is 11.3. The van der Waals surface area contributed by atoms with Crippen LogP contribution in [0, 0.1) is 11.8 Å². The van der Waals surface area contributed by atoms with E-state index >= 15 is 0 Å². The first kappa shape index (κ1) is 13.8. The Hall–Kier alpha value is -1.26. The highest BCUT2D eigenvalue weighted by molar-refractivity contribution is 5.73. The molecule has 17 heavy (non-hydrogen) atoms. The quantitative estimate of drug-likeness (QED) is 0.565. The van der Waals surface area contributed by atoms with Crippen LogP contribution in [-0.2, 0) is 4.79 Å². The highest BCUT2D eigenvalue weighted by Crippen LogP contribution is 2.36. The van der Waals surface area contributed by atoms with Crippen LogP contribution in [-0.4, -0.2) is 30.2 Å². The molecule has 1 saturated carbocycles. The van der Waals surface area contributed by atoms with E-state index in [1.54, 1.807) is 0 Å². The molecule has 0 aromatic heterocycles. The number of hydrogen-bond donors (Lipinski definition) is 3. The Balaban J connectivity index is 1.84. The van der Waals surface area contributed by atoms with E-state index in [0.717, 1.165) is 25.3 Å². The smallest absolute Gasteiger partial charge is 0.314 e. The third-order valence-electron chi connectivity index (χ3n) is 3.15. The highest BCUT2D eigenvalue weighted by Gasteiger charge is 2.32. The second kappa shape index (κ2) is 7.14. The maximum absolute atomic E-state index is 11.3. The van der Waals surface area contributed by atoms with Crippen molar-refractivity contribution in [2.24, 2.45) is 11.8 Å². The number of nitrogens with one attached hydrogen (secondary N) is 2. The lowest BCUT2D eigenvalue weighted by Crippen LogP contribution is -2.37. The fourth-order valence-corrected chi connectivity index (χ4v) is 1.75. The Kier molecular flexibility index (Phi) is 5.80. The topological polar surface area (TPSA) is 78.4 Å². The third kappa shape index (κ3) is 6.81. The van der Waals surface area contributed by atoms with Gasteiger partial charge in [0.15, 0.2) is 0 Å². The van der Waals surface area contributed by atoms with Crippen LogP contribution in [0.5, 0.6) is 0 Å². The monoisotopic (exact) mass is 242 g/mol. The van der Waals surface area contributed by atoms with E-state index in [0.29, 0.717) is 18.9 Å². The lowest BCUT2D eigenvalue weighted by Gasteiger charge is -2.06. The van der Waals surface area contributed by atoms with Crippen LogP contribution in [0.2, 0.25) is 0 Å². The molecule has 2 unspecified atom stereocenters. The number of carbonyl (C=O) groups is 2. The van der Waals surface area contributed by atoms with Crippen LogP contribution in [0.1, 0.15) is 39.0 Å². The van der Waals surface area contributed by atoms with Gasteiger partial charge in [-0.1, -0.05) is 13.3 Å². The van der Waals surface area contributed by atoms with Gasteiger partial charge < -0.3 is 15.7 Å². The molecule has 5 nitrogen and oxygen atoms in total. The van der Waals surface area contributed by atoms with E-state index in [1.807, 2.05) is 0 Å². The Labute approximate surface area is 102 Å². The molecule has 0 radical (unpaired) electrons. The number of rotatable bonds is 8. The number of aliphatic carboxylic acids is 1. The number of urea groups is 1. The first-order valence-electron chi connectivity index (χ1n) is 6.33. The van der Waals surface area contributed by atoms with Gasteiger partial charge in [0.05, 0.1) is 0 Å². The van der Waals surface area contributed by atoms with Crippen molar-refractivity contribution in [3.05, 3.63) is 0 Å². The summed E-state index contributed by atoms with van der Waals surface area (Å²) in [5, 5.41) is 14.0. The Bertz CT molecular complexity index is 268. The average molecular weight is 242 g/mol. The first-order valence-corrected chi connectivity index (χ1v) is 6.33. The molecule has 0 heterocycles. The minimum atomic E-state index is -0.755. The number of amides is 2. The van der Waals surface area contributed by atoms with E-state index in [-0.39, 0.29) is 12.5 Å². The summed E-state index contributed by atoms with van der Waals surface area (Å²) in [6.07, 6.45) is 3.78. The molecule has 0 saturated heterocycles. The van der Waals surface area contributed by atoms with E-state index in [2.05, 4.69) is 17.6 Å². The third-order valence-corrected chi connectivity index (χ3v) is 3.15. The van der Waals surface area contributed by atoms with Crippen molar-refractivity contribution in [3.8, 4) is 0 Å². The number of carbonyl (C=O) groups excluding carboxylic acids is 1. The molecule has 2 amide bonds. The van der Waals surface area contributed by atoms with Gasteiger partial charge in [0.2, 0.25) is 0 Å². The van der Waals surface area contributed by atoms with E-state index in [1.165, 1.54) is 6.42 Å². The zero-order valence-corrected chi connectivity index (χ0v) is 10.4. The summed E-state index contributed by atoms with van der Waals surface area (Å²) in [6, 6.07) is -0.109. The SMILES string of the molecule is CC1CC1CNC(=O)NCCCCCC(=O)O. The summed E-state index contributed by atoms with van der Waals surface area (Å²) < 4.78 is 0. The molecular formula is C12H22N2O3. The van der Waals surface area contributed by atoms with Crippen molar-refractivity contribution in [1.82, 2.24) is 10.6 Å². The molecule has 0 spiro atoms. The van der Waals surface area contributed by atoms with Crippen molar-refractivity contribution in [3.63, 3.8) is 0 Å². The van der Waals surface area contributed by atoms with Gasteiger partial charge in [-0.05, 0) is 31.1 Å². The summed E-state index contributed by atoms with van der Waals surface area (Å²) in [5.41, 5.74) is 0. The highest BCUT2D eigenvalue weighted by atomic mass is 16.4. The summed E-state index contributed by atoms with van der Waals surface area (Å²) in [5.74, 6) is 0.664. The molecule has 3 N–H and O–H groups in total. The Morgan fingerprint density at radius 2 is 1.94 bits per heavy atom. The molecule has 1 fully saturated rings. The molecule has 0 bridgehead atoms.